The van der Waals surface area contributed by atoms with Gasteiger partial charge in [-0.25, -0.2) is 8.78 Å². The number of hydrogen-bond donors (Lipinski definition) is 1. The SMILES string of the molecule is CC.CC(C)C.CC=O.CCC[C@]1(c2ccccc2)Cc2cc(F)c(Cl)c(-c3c(C)ccc(OCCO)c3F)c2C1. The number of ether oxygens (including phenoxy) is 1. The van der Waals surface area contributed by atoms with E-state index in [9.17, 15) is 0 Å². The highest BCUT2D eigenvalue weighted by Gasteiger charge is 2.41. The zero-order valence-corrected chi connectivity index (χ0v) is 26.7. The van der Waals surface area contributed by atoms with Gasteiger partial charge in [0.1, 0.15) is 18.7 Å². The molecule has 0 unspecified atom stereocenters. The number of carbonyl (C=O) groups is 1. The van der Waals surface area contributed by atoms with Crippen LogP contribution in [0.1, 0.15) is 83.6 Å². The summed E-state index contributed by atoms with van der Waals surface area (Å²) in [6, 6.07) is 15.1. The highest BCUT2D eigenvalue weighted by molar-refractivity contribution is 6.33. The Morgan fingerprint density at radius 3 is 2.17 bits per heavy atom. The average molecular weight is 589 g/mol. The second-order valence-corrected chi connectivity index (χ2v) is 10.9. The molecule has 0 fully saturated rings. The molecule has 1 aliphatic rings. The quantitative estimate of drug-likeness (QED) is 0.279. The molecule has 226 valence electrons. The van der Waals surface area contributed by atoms with Crippen molar-refractivity contribution in [2.45, 2.75) is 86.5 Å². The van der Waals surface area contributed by atoms with Crippen LogP contribution in [0.5, 0.6) is 5.75 Å². The average Bonchev–Trinajstić information content (AvgIpc) is 3.31. The Morgan fingerprint density at radius 1 is 1.05 bits per heavy atom. The number of aliphatic hydroxyl groups excluding tert-OH is 1. The molecule has 6 heteroatoms. The van der Waals surface area contributed by atoms with Gasteiger partial charge in [-0.15, -0.1) is 0 Å². The van der Waals surface area contributed by atoms with Crippen molar-refractivity contribution in [3.05, 3.63) is 87.4 Å². The molecule has 0 heterocycles. The predicted molar refractivity (Wildman–Crippen MR) is 168 cm³/mol. The van der Waals surface area contributed by atoms with Crippen molar-refractivity contribution in [2.24, 2.45) is 5.92 Å². The minimum atomic E-state index is -0.583. The third-order valence-electron chi connectivity index (χ3n) is 6.49. The highest BCUT2D eigenvalue weighted by Crippen LogP contribution is 2.50. The van der Waals surface area contributed by atoms with E-state index in [1.54, 1.807) is 13.0 Å². The van der Waals surface area contributed by atoms with E-state index in [0.29, 0.717) is 24.0 Å². The molecular weight excluding hydrogens is 542 g/mol. The van der Waals surface area contributed by atoms with Crippen molar-refractivity contribution in [1.29, 1.82) is 0 Å². The second-order valence-electron chi connectivity index (χ2n) is 10.5. The molecule has 0 saturated heterocycles. The van der Waals surface area contributed by atoms with E-state index in [-0.39, 0.29) is 35.0 Å². The summed E-state index contributed by atoms with van der Waals surface area (Å²) >= 11 is 6.51. The summed E-state index contributed by atoms with van der Waals surface area (Å²) in [7, 11) is 0. The smallest absolute Gasteiger partial charge is 0.173 e. The summed E-state index contributed by atoms with van der Waals surface area (Å²) in [5.74, 6) is -0.267. The van der Waals surface area contributed by atoms with Crippen molar-refractivity contribution in [3.63, 3.8) is 0 Å². The third-order valence-corrected chi connectivity index (χ3v) is 6.86. The fourth-order valence-corrected chi connectivity index (χ4v) is 5.39. The minimum Gasteiger partial charge on any atom is -0.488 e. The second kappa shape index (κ2) is 17.9. The monoisotopic (exact) mass is 588 g/mol. The number of benzene rings is 3. The van der Waals surface area contributed by atoms with Crippen molar-refractivity contribution in [2.75, 3.05) is 13.2 Å². The molecule has 0 aromatic heterocycles. The van der Waals surface area contributed by atoms with Gasteiger partial charge in [-0.05, 0) is 73.4 Å². The van der Waals surface area contributed by atoms with Crippen molar-refractivity contribution in [1.82, 2.24) is 0 Å². The molecule has 3 aromatic carbocycles. The van der Waals surface area contributed by atoms with Crippen LogP contribution in [0.25, 0.3) is 11.1 Å². The van der Waals surface area contributed by atoms with Gasteiger partial charge in [-0.3, -0.25) is 0 Å². The lowest BCUT2D eigenvalue weighted by Gasteiger charge is -2.29. The van der Waals surface area contributed by atoms with E-state index in [1.807, 2.05) is 32.0 Å². The van der Waals surface area contributed by atoms with Gasteiger partial charge in [0.2, 0.25) is 0 Å². The summed E-state index contributed by atoms with van der Waals surface area (Å²) < 4.78 is 36.0. The van der Waals surface area contributed by atoms with Gasteiger partial charge in [0.05, 0.1) is 11.6 Å². The largest absolute Gasteiger partial charge is 0.488 e. The Balaban J connectivity index is 0.000000830. The van der Waals surface area contributed by atoms with E-state index < -0.39 is 11.6 Å². The normalized spacial score (nSPS) is 15.0. The van der Waals surface area contributed by atoms with E-state index in [0.717, 1.165) is 36.2 Å². The lowest BCUT2D eigenvalue weighted by Crippen LogP contribution is -2.26. The van der Waals surface area contributed by atoms with Gasteiger partial charge >= 0.3 is 0 Å². The molecule has 0 radical (unpaired) electrons. The van der Waals surface area contributed by atoms with Crippen LogP contribution in [0.2, 0.25) is 5.02 Å². The Morgan fingerprint density at radius 2 is 1.63 bits per heavy atom. The van der Waals surface area contributed by atoms with Gasteiger partial charge in [-0.2, -0.15) is 0 Å². The molecule has 0 amide bonds. The molecule has 1 atom stereocenters. The zero-order valence-electron chi connectivity index (χ0n) is 25.9. The Hall–Kier alpha value is -2.76. The fourth-order valence-electron chi connectivity index (χ4n) is 5.12. The number of halogens is 3. The van der Waals surface area contributed by atoms with E-state index in [2.05, 4.69) is 39.8 Å². The first kappa shape index (κ1) is 36.3. The number of aryl methyl sites for hydroxylation is 1. The summed E-state index contributed by atoms with van der Waals surface area (Å²) in [5.41, 5.74) is 4.13. The highest BCUT2D eigenvalue weighted by atomic mass is 35.5. The van der Waals surface area contributed by atoms with Gasteiger partial charge in [0.15, 0.2) is 11.6 Å². The maximum atomic E-state index is 15.6. The molecular formula is C35H47ClF2O3. The molecule has 3 nitrogen and oxygen atoms in total. The number of hydrogen-bond acceptors (Lipinski definition) is 3. The fraction of sp³-hybridized carbons (Fsp3) is 0.457. The number of rotatable bonds is 7. The molecule has 1 N–H and O–H groups in total. The van der Waals surface area contributed by atoms with Crippen LogP contribution in [-0.2, 0) is 23.1 Å². The topological polar surface area (TPSA) is 46.5 Å². The molecule has 41 heavy (non-hydrogen) atoms. The molecule has 0 saturated carbocycles. The van der Waals surface area contributed by atoms with Crippen LogP contribution in [0.4, 0.5) is 8.78 Å². The van der Waals surface area contributed by atoms with Crippen molar-refractivity contribution in [3.8, 4) is 16.9 Å². The number of fused-ring (bicyclic) bond motifs is 1. The van der Waals surface area contributed by atoms with Crippen LogP contribution in [0.3, 0.4) is 0 Å². The Bertz CT molecular complexity index is 1230. The summed E-state index contributed by atoms with van der Waals surface area (Å²) in [5, 5.41) is 9.00. The molecule has 1 aliphatic carbocycles. The number of carbonyl (C=O) groups excluding carboxylic acids is 1. The van der Waals surface area contributed by atoms with Crippen LogP contribution in [-0.4, -0.2) is 24.6 Å². The molecule has 3 aromatic rings. The van der Waals surface area contributed by atoms with Gasteiger partial charge in [0.25, 0.3) is 0 Å². The molecule has 0 bridgehead atoms. The van der Waals surface area contributed by atoms with Crippen LogP contribution < -0.4 is 4.74 Å². The summed E-state index contributed by atoms with van der Waals surface area (Å²) in [4.78, 5) is 8.81. The number of aliphatic hydroxyl groups is 1. The summed E-state index contributed by atoms with van der Waals surface area (Å²) in [6.45, 7) is 15.6. The first-order chi connectivity index (χ1) is 19.6. The standard InChI is InChI=1S/C27H27ClF2O2.C4H10.C2H4O.C2H6/c1-3-11-27(19-7-5-4-6-8-19)15-18-14-21(29)25(28)24(20(18)16-27)23-17(2)9-10-22(26(23)30)32-13-12-31;1-4(2)3;1-2-3;1-2/h4-10,14,31H,3,11-13,15-16H2,1-2H3;4H,1-3H3;2H,1H3;1-2H3/t27-;;;/m0.../s1. The zero-order chi connectivity index (χ0) is 31.2. The van der Waals surface area contributed by atoms with Crippen molar-refractivity contribution >= 4 is 17.9 Å². The van der Waals surface area contributed by atoms with Gasteiger partial charge in [-0.1, -0.05) is 96.0 Å². The lowest BCUT2D eigenvalue weighted by molar-refractivity contribution is -0.106. The molecule has 0 spiro atoms. The minimum absolute atomic E-state index is 0.0228. The van der Waals surface area contributed by atoms with Crippen molar-refractivity contribution < 1.29 is 23.4 Å². The Labute approximate surface area is 250 Å². The molecule has 0 aliphatic heterocycles. The first-order valence-electron chi connectivity index (χ1n) is 14.5. The van der Waals surface area contributed by atoms with E-state index in [4.69, 9.17) is 26.2 Å². The Kier molecular flexibility index (Phi) is 15.9. The lowest BCUT2D eigenvalue weighted by atomic mass is 9.74. The van der Waals surface area contributed by atoms with Gasteiger partial charge < -0.3 is 14.6 Å². The van der Waals surface area contributed by atoms with Gasteiger partial charge in [0, 0.05) is 16.5 Å². The van der Waals surface area contributed by atoms with Crippen LogP contribution >= 0.6 is 11.6 Å². The third kappa shape index (κ3) is 9.37. The molecule has 4 rings (SSSR count). The number of aldehydes is 1. The maximum Gasteiger partial charge on any atom is 0.173 e. The maximum absolute atomic E-state index is 15.6. The summed E-state index contributed by atoms with van der Waals surface area (Å²) in [6.07, 6.45) is 4.01. The first-order valence-corrected chi connectivity index (χ1v) is 14.9. The van der Waals surface area contributed by atoms with E-state index >= 15 is 8.78 Å². The van der Waals surface area contributed by atoms with Crippen LogP contribution in [0.15, 0.2) is 48.5 Å². The van der Waals surface area contributed by atoms with E-state index in [1.165, 1.54) is 24.6 Å². The predicted octanol–water partition coefficient (Wildman–Crippen LogP) is 9.70. The van der Waals surface area contributed by atoms with Crippen LogP contribution in [0, 0.1) is 24.5 Å².